The van der Waals surface area contributed by atoms with Crippen LogP contribution >= 0.6 is 0 Å². The molecule has 23 heavy (non-hydrogen) atoms. The van der Waals surface area contributed by atoms with E-state index >= 15 is 0 Å². The van der Waals surface area contributed by atoms with Gasteiger partial charge in [-0.3, -0.25) is 4.79 Å². The zero-order valence-corrected chi connectivity index (χ0v) is 15.1. The lowest BCUT2D eigenvalue weighted by molar-refractivity contribution is -0.159. The van der Waals surface area contributed by atoms with Gasteiger partial charge < -0.3 is 10.2 Å². The molecule has 0 unspecified atom stereocenters. The largest absolute Gasteiger partial charge is 0.481 e. The highest BCUT2D eigenvalue weighted by Crippen LogP contribution is 2.60. The summed E-state index contributed by atoms with van der Waals surface area (Å²) in [5, 5.41) is 20.1. The van der Waals surface area contributed by atoms with Crippen molar-refractivity contribution < 1.29 is 15.0 Å². The first-order valence-electron chi connectivity index (χ1n) is 8.85. The third-order valence-corrected chi connectivity index (χ3v) is 6.75. The molecule has 2 aliphatic carbocycles. The minimum Gasteiger partial charge on any atom is -0.481 e. The molecular weight excluding hydrogens is 288 g/mol. The molecule has 0 amide bonds. The maximum Gasteiger partial charge on any atom is 0.309 e. The number of aliphatic hydroxyl groups is 1. The lowest BCUT2D eigenvalue weighted by Crippen LogP contribution is -2.50. The summed E-state index contributed by atoms with van der Waals surface area (Å²) < 4.78 is 0. The van der Waals surface area contributed by atoms with Gasteiger partial charge >= 0.3 is 5.97 Å². The van der Waals surface area contributed by atoms with Gasteiger partial charge in [-0.1, -0.05) is 30.6 Å². The number of aliphatic carboxylic acids is 1. The monoisotopic (exact) mass is 320 g/mol. The van der Waals surface area contributed by atoms with Crippen molar-refractivity contribution in [1.29, 1.82) is 0 Å². The van der Waals surface area contributed by atoms with E-state index in [0.717, 1.165) is 38.5 Å². The van der Waals surface area contributed by atoms with Crippen molar-refractivity contribution >= 4 is 5.97 Å². The highest BCUT2D eigenvalue weighted by atomic mass is 16.4. The van der Waals surface area contributed by atoms with Crippen LogP contribution in [0.25, 0.3) is 0 Å². The van der Waals surface area contributed by atoms with Crippen molar-refractivity contribution in [2.75, 3.05) is 0 Å². The fourth-order valence-corrected chi connectivity index (χ4v) is 5.11. The van der Waals surface area contributed by atoms with E-state index in [0.29, 0.717) is 6.42 Å². The summed E-state index contributed by atoms with van der Waals surface area (Å²) in [7, 11) is 0. The molecule has 0 bridgehead atoms. The molecule has 0 spiro atoms. The van der Waals surface area contributed by atoms with Gasteiger partial charge in [-0.15, -0.1) is 6.58 Å². The van der Waals surface area contributed by atoms with Gasteiger partial charge in [0, 0.05) is 0 Å². The maximum atomic E-state index is 12.0. The van der Waals surface area contributed by atoms with Crippen LogP contribution in [0.4, 0.5) is 0 Å². The number of carboxylic acids is 1. The Morgan fingerprint density at radius 1 is 1.43 bits per heavy atom. The Kier molecular flexibility index (Phi) is 4.83. The average Bonchev–Trinajstić information content (AvgIpc) is 2.46. The third-order valence-electron chi connectivity index (χ3n) is 6.75. The first kappa shape index (κ1) is 18.3. The summed E-state index contributed by atoms with van der Waals surface area (Å²) in [5.74, 6) is -0.459. The topological polar surface area (TPSA) is 57.5 Å². The van der Waals surface area contributed by atoms with Gasteiger partial charge in [-0.05, 0) is 70.6 Å². The summed E-state index contributed by atoms with van der Waals surface area (Å²) in [5.41, 5.74) is 1.26. The molecular formula is C20H32O3. The van der Waals surface area contributed by atoms with Crippen LogP contribution in [0.3, 0.4) is 0 Å². The molecule has 0 saturated heterocycles. The molecule has 130 valence electrons. The van der Waals surface area contributed by atoms with Gasteiger partial charge in [0.25, 0.3) is 0 Å². The van der Waals surface area contributed by atoms with E-state index in [-0.39, 0.29) is 11.3 Å². The number of carbonyl (C=O) groups is 1. The first-order chi connectivity index (χ1) is 10.6. The lowest BCUT2D eigenvalue weighted by Gasteiger charge is -2.54. The van der Waals surface area contributed by atoms with E-state index in [1.165, 1.54) is 11.1 Å². The zero-order chi connectivity index (χ0) is 17.5. The Labute approximate surface area is 140 Å². The molecule has 0 radical (unpaired) electrons. The van der Waals surface area contributed by atoms with Crippen LogP contribution in [0, 0.1) is 16.7 Å². The van der Waals surface area contributed by atoms with Crippen molar-refractivity contribution in [3.05, 3.63) is 23.8 Å². The quantitative estimate of drug-likeness (QED) is 0.721. The van der Waals surface area contributed by atoms with Gasteiger partial charge in [0.05, 0.1) is 11.0 Å². The van der Waals surface area contributed by atoms with Crippen LogP contribution in [0.1, 0.15) is 72.6 Å². The molecule has 1 fully saturated rings. The molecule has 1 saturated carbocycles. The highest BCUT2D eigenvalue weighted by molar-refractivity contribution is 5.75. The van der Waals surface area contributed by atoms with E-state index in [2.05, 4.69) is 20.4 Å². The minimum atomic E-state index is -0.860. The Bertz CT molecular complexity index is 531. The molecule has 0 aromatic heterocycles. The summed E-state index contributed by atoms with van der Waals surface area (Å²) in [6, 6.07) is 0. The van der Waals surface area contributed by atoms with Gasteiger partial charge in [-0.2, -0.15) is 0 Å². The van der Waals surface area contributed by atoms with Crippen LogP contribution in [-0.2, 0) is 4.79 Å². The van der Waals surface area contributed by atoms with Gasteiger partial charge in [0.15, 0.2) is 0 Å². The highest BCUT2D eigenvalue weighted by Gasteiger charge is 2.55. The van der Waals surface area contributed by atoms with Crippen molar-refractivity contribution in [1.82, 2.24) is 0 Å². The fourth-order valence-electron chi connectivity index (χ4n) is 5.11. The van der Waals surface area contributed by atoms with Gasteiger partial charge in [-0.25, -0.2) is 0 Å². The number of allylic oxidation sites excluding steroid dienone is 2. The van der Waals surface area contributed by atoms with Crippen LogP contribution in [-0.4, -0.2) is 21.8 Å². The van der Waals surface area contributed by atoms with Crippen LogP contribution < -0.4 is 0 Å². The molecule has 3 heteroatoms. The number of rotatable bonds is 5. The van der Waals surface area contributed by atoms with E-state index in [4.69, 9.17) is 0 Å². The Hall–Kier alpha value is -1.09. The number of fused-ring (bicyclic) bond motifs is 1. The standard InChI is InChI=1S/C20H32O3/c1-6-18(3,23)13-10-15-14(2)8-9-16-19(15,4)11-7-12-20(16,5)17(21)22/h6,16,23H,1,7-13H2,2-5H3,(H,21,22)/t16-,18-,19-,20+/m1/s1. The average molecular weight is 320 g/mol. The fraction of sp³-hybridized carbons (Fsp3) is 0.750. The van der Waals surface area contributed by atoms with Crippen LogP contribution in [0.15, 0.2) is 23.8 Å². The second-order valence-electron chi connectivity index (χ2n) is 8.41. The maximum absolute atomic E-state index is 12.0. The molecule has 4 atom stereocenters. The molecule has 3 nitrogen and oxygen atoms in total. The second kappa shape index (κ2) is 6.08. The van der Waals surface area contributed by atoms with E-state index in [1.54, 1.807) is 13.0 Å². The Morgan fingerprint density at radius 3 is 2.65 bits per heavy atom. The summed E-state index contributed by atoms with van der Waals surface area (Å²) in [4.78, 5) is 12.0. The summed E-state index contributed by atoms with van der Waals surface area (Å²) in [6.07, 6.45) is 7.82. The van der Waals surface area contributed by atoms with E-state index < -0.39 is 17.0 Å². The van der Waals surface area contributed by atoms with E-state index in [1.807, 2.05) is 6.92 Å². The molecule has 2 N–H and O–H groups in total. The first-order valence-corrected chi connectivity index (χ1v) is 8.85. The van der Waals surface area contributed by atoms with Crippen molar-refractivity contribution in [3.63, 3.8) is 0 Å². The molecule has 0 heterocycles. The third kappa shape index (κ3) is 3.13. The van der Waals surface area contributed by atoms with Crippen molar-refractivity contribution in [2.24, 2.45) is 16.7 Å². The Balaban J connectivity index is 2.35. The lowest BCUT2D eigenvalue weighted by atomic mass is 9.49. The number of hydrogen-bond acceptors (Lipinski definition) is 2. The summed E-state index contributed by atoms with van der Waals surface area (Å²) >= 11 is 0. The van der Waals surface area contributed by atoms with Gasteiger partial charge in [0.2, 0.25) is 0 Å². The predicted molar refractivity (Wildman–Crippen MR) is 93.2 cm³/mol. The second-order valence-corrected chi connectivity index (χ2v) is 8.41. The molecule has 0 aromatic rings. The zero-order valence-electron chi connectivity index (χ0n) is 15.1. The molecule has 2 aliphatic rings. The van der Waals surface area contributed by atoms with Crippen LogP contribution in [0.2, 0.25) is 0 Å². The number of carboxylic acid groups (broad SMARTS) is 1. The molecule has 0 aromatic carbocycles. The normalized spacial score (nSPS) is 37.0. The van der Waals surface area contributed by atoms with Crippen LogP contribution in [0.5, 0.6) is 0 Å². The SMILES string of the molecule is C=C[C@@](C)(O)CCC1=C(C)CC[C@H]2[C@@](C)(C(=O)O)CCC[C@]12C. The predicted octanol–water partition coefficient (Wildman–Crippen LogP) is 4.71. The van der Waals surface area contributed by atoms with E-state index in [9.17, 15) is 15.0 Å². The molecule has 0 aliphatic heterocycles. The minimum absolute atomic E-state index is 0.0506. The molecule has 2 rings (SSSR count). The van der Waals surface area contributed by atoms with Gasteiger partial charge in [0.1, 0.15) is 0 Å². The number of hydrogen-bond donors (Lipinski definition) is 2. The smallest absolute Gasteiger partial charge is 0.309 e. The van der Waals surface area contributed by atoms with Crippen molar-refractivity contribution in [2.45, 2.75) is 78.2 Å². The summed E-state index contributed by atoms with van der Waals surface area (Å²) in [6.45, 7) is 11.9. The Morgan fingerprint density at radius 2 is 2.09 bits per heavy atom. The van der Waals surface area contributed by atoms with Crippen molar-refractivity contribution in [3.8, 4) is 0 Å².